The lowest BCUT2D eigenvalue weighted by atomic mass is 9.89. The molecule has 0 aromatic heterocycles. The molecule has 2 rings (SSSR count). The third-order valence-electron chi connectivity index (χ3n) is 3.14. The van der Waals surface area contributed by atoms with Crippen molar-refractivity contribution in [3.8, 4) is 5.75 Å². The van der Waals surface area contributed by atoms with Gasteiger partial charge in [0, 0.05) is 12.5 Å². The Bertz CT molecular complexity index is 378. The Labute approximate surface area is 99.8 Å². The van der Waals surface area contributed by atoms with Crippen molar-refractivity contribution in [3.05, 3.63) is 29.8 Å². The maximum atomic E-state index is 13.7. The van der Waals surface area contributed by atoms with Crippen molar-refractivity contribution in [2.75, 3.05) is 0 Å². The van der Waals surface area contributed by atoms with Crippen LogP contribution in [-0.4, -0.2) is 18.1 Å². The molecule has 1 aliphatic carbocycles. The standard InChI is InChI=1S/C13H17F2NO/c1-9-4-6-10(7-5-9)17-12-11(16)3-2-8-13(12,14)15/h4-7,11-12H,2-3,8,16H2,1H3. The molecule has 1 aromatic rings. The van der Waals surface area contributed by atoms with Crippen LogP contribution >= 0.6 is 0 Å². The summed E-state index contributed by atoms with van der Waals surface area (Å²) in [5.74, 6) is -2.37. The summed E-state index contributed by atoms with van der Waals surface area (Å²) in [7, 11) is 0. The Morgan fingerprint density at radius 3 is 2.53 bits per heavy atom. The molecule has 2 atom stereocenters. The zero-order valence-electron chi connectivity index (χ0n) is 9.83. The first kappa shape index (κ1) is 12.3. The first-order valence-electron chi connectivity index (χ1n) is 5.86. The second-order valence-electron chi connectivity index (χ2n) is 4.67. The molecule has 0 saturated heterocycles. The monoisotopic (exact) mass is 241 g/mol. The van der Waals surface area contributed by atoms with Crippen LogP contribution in [0.5, 0.6) is 5.75 Å². The topological polar surface area (TPSA) is 35.2 Å². The van der Waals surface area contributed by atoms with Crippen LogP contribution in [-0.2, 0) is 0 Å². The second kappa shape index (κ2) is 4.61. The van der Waals surface area contributed by atoms with Gasteiger partial charge in [-0.15, -0.1) is 0 Å². The van der Waals surface area contributed by atoms with E-state index in [2.05, 4.69) is 0 Å². The first-order chi connectivity index (χ1) is 7.99. The van der Waals surface area contributed by atoms with Crippen molar-refractivity contribution in [3.63, 3.8) is 0 Å². The summed E-state index contributed by atoms with van der Waals surface area (Å²) in [5.41, 5.74) is 6.79. The minimum atomic E-state index is -2.83. The number of halogens is 2. The van der Waals surface area contributed by atoms with Gasteiger partial charge in [0.1, 0.15) is 5.75 Å². The summed E-state index contributed by atoms with van der Waals surface area (Å²) < 4.78 is 32.7. The van der Waals surface area contributed by atoms with Crippen LogP contribution < -0.4 is 10.5 Å². The van der Waals surface area contributed by atoms with Crippen LogP contribution in [0.1, 0.15) is 24.8 Å². The average Bonchev–Trinajstić information content (AvgIpc) is 2.26. The van der Waals surface area contributed by atoms with Gasteiger partial charge >= 0.3 is 0 Å². The number of hydrogen-bond donors (Lipinski definition) is 1. The second-order valence-corrected chi connectivity index (χ2v) is 4.67. The fourth-order valence-electron chi connectivity index (χ4n) is 2.12. The van der Waals surface area contributed by atoms with E-state index in [-0.39, 0.29) is 6.42 Å². The van der Waals surface area contributed by atoms with Crippen molar-refractivity contribution in [1.82, 2.24) is 0 Å². The van der Waals surface area contributed by atoms with E-state index in [1.165, 1.54) is 0 Å². The molecule has 0 spiro atoms. The summed E-state index contributed by atoms with van der Waals surface area (Å²) >= 11 is 0. The number of rotatable bonds is 2. The van der Waals surface area contributed by atoms with Crippen LogP contribution in [0.3, 0.4) is 0 Å². The first-order valence-corrected chi connectivity index (χ1v) is 5.86. The lowest BCUT2D eigenvalue weighted by Gasteiger charge is -2.35. The lowest BCUT2D eigenvalue weighted by molar-refractivity contribution is -0.126. The highest BCUT2D eigenvalue weighted by atomic mass is 19.3. The van der Waals surface area contributed by atoms with Crippen LogP contribution in [0, 0.1) is 6.92 Å². The van der Waals surface area contributed by atoms with E-state index >= 15 is 0 Å². The quantitative estimate of drug-likeness (QED) is 0.864. The molecule has 2 N–H and O–H groups in total. The van der Waals surface area contributed by atoms with E-state index in [0.29, 0.717) is 18.6 Å². The van der Waals surface area contributed by atoms with Gasteiger partial charge in [0.2, 0.25) is 0 Å². The minimum absolute atomic E-state index is 0.142. The Morgan fingerprint density at radius 1 is 1.29 bits per heavy atom. The fraction of sp³-hybridized carbons (Fsp3) is 0.538. The highest BCUT2D eigenvalue weighted by Crippen LogP contribution is 2.35. The largest absolute Gasteiger partial charge is 0.483 e. The molecular formula is C13H17F2NO. The molecule has 1 fully saturated rings. The maximum Gasteiger partial charge on any atom is 0.285 e. The van der Waals surface area contributed by atoms with Crippen molar-refractivity contribution in [2.24, 2.45) is 5.73 Å². The molecule has 1 aromatic carbocycles. The van der Waals surface area contributed by atoms with E-state index in [0.717, 1.165) is 5.56 Å². The molecule has 0 bridgehead atoms. The number of alkyl halides is 2. The molecule has 17 heavy (non-hydrogen) atoms. The minimum Gasteiger partial charge on any atom is -0.483 e. The van der Waals surface area contributed by atoms with Crippen molar-refractivity contribution < 1.29 is 13.5 Å². The van der Waals surface area contributed by atoms with Gasteiger partial charge in [-0.1, -0.05) is 17.7 Å². The van der Waals surface area contributed by atoms with Crippen molar-refractivity contribution >= 4 is 0 Å². The summed E-state index contributed by atoms with van der Waals surface area (Å²) in [6.45, 7) is 1.94. The molecule has 0 radical (unpaired) electrons. The molecule has 0 amide bonds. The fourth-order valence-corrected chi connectivity index (χ4v) is 2.12. The van der Waals surface area contributed by atoms with E-state index in [1.54, 1.807) is 12.1 Å². The lowest BCUT2D eigenvalue weighted by Crippen LogP contribution is -2.53. The summed E-state index contributed by atoms with van der Waals surface area (Å²) in [4.78, 5) is 0. The third kappa shape index (κ3) is 2.75. The van der Waals surface area contributed by atoms with Gasteiger partial charge in [-0.2, -0.15) is 0 Å². The Hall–Kier alpha value is -1.16. The van der Waals surface area contributed by atoms with Crippen molar-refractivity contribution in [2.45, 2.75) is 44.3 Å². The summed E-state index contributed by atoms with van der Waals surface area (Å²) in [6, 6.07) is 6.48. The van der Waals surface area contributed by atoms with E-state index in [4.69, 9.17) is 10.5 Å². The van der Waals surface area contributed by atoms with Crippen molar-refractivity contribution in [1.29, 1.82) is 0 Å². The van der Waals surface area contributed by atoms with Gasteiger partial charge in [-0.3, -0.25) is 0 Å². The van der Waals surface area contributed by atoms with Crippen LogP contribution in [0.15, 0.2) is 24.3 Å². The van der Waals surface area contributed by atoms with E-state index < -0.39 is 18.1 Å². The molecule has 2 unspecified atom stereocenters. The molecule has 1 aliphatic rings. The molecule has 94 valence electrons. The van der Waals surface area contributed by atoms with Crippen LogP contribution in [0.2, 0.25) is 0 Å². The Balaban J connectivity index is 2.12. The highest BCUT2D eigenvalue weighted by Gasteiger charge is 2.47. The van der Waals surface area contributed by atoms with Gasteiger partial charge in [0.25, 0.3) is 5.92 Å². The molecule has 4 heteroatoms. The van der Waals surface area contributed by atoms with Crippen LogP contribution in [0.4, 0.5) is 8.78 Å². The molecule has 2 nitrogen and oxygen atoms in total. The average molecular weight is 241 g/mol. The predicted molar refractivity (Wildman–Crippen MR) is 62.4 cm³/mol. The number of aryl methyl sites for hydroxylation is 1. The maximum absolute atomic E-state index is 13.7. The third-order valence-corrected chi connectivity index (χ3v) is 3.14. The zero-order valence-corrected chi connectivity index (χ0v) is 9.83. The SMILES string of the molecule is Cc1ccc(OC2C(N)CCCC2(F)F)cc1. The van der Waals surface area contributed by atoms with Gasteiger partial charge in [-0.25, -0.2) is 8.78 Å². The number of benzene rings is 1. The summed E-state index contributed by atoms with van der Waals surface area (Å²) in [6.07, 6.45) is -0.301. The van der Waals surface area contributed by atoms with Gasteiger partial charge in [0.15, 0.2) is 6.10 Å². The summed E-state index contributed by atoms with van der Waals surface area (Å²) in [5, 5.41) is 0. The van der Waals surface area contributed by atoms with Gasteiger partial charge in [0.05, 0.1) is 0 Å². The number of hydrogen-bond acceptors (Lipinski definition) is 2. The molecule has 1 saturated carbocycles. The van der Waals surface area contributed by atoms with E-state index in [9.17, 15) is 8.78 Å². The normalized spacial score (nSPS) is 27.8. The molecule has 0 heterocycles. The zero-order chi connectivity index (χ0) is 12.5. The Morgan fingerprint density at radius 2 is 1.94 bits per heavy atom. The number of nitrogens with two attached hydrogens (primary N) is 1. The van der Waals surface area contributed by atoms with Crippen LogP contribution in [0.25, 0.3) is 0 Å². The smallest absolute Gasteiger partial charge is 0.285 e. The Kier molecular flexibility index (Phi) is 3.33. The highest BCUT2D eigenvalue weighted by molar-refractivity contribution is 5.27. The van der Waals surface area contributed by atoms with E-state index in [1.807, 2.05) is 19.1 Å². The predicted octanol–water partition coefficient (Wildman–Crippen LogP) is 2.89. The van der Waals surface area contributed by atoms with Gasteiger partial charge < -0.3 is 10.5 Å². The number of ether oxygens (including phenoxy) is 1. The molecular weight excluding hydrogens is 224 g/mol. The molecule has 0 aliphatic heterocycles. The van der Waals surface area contributed by atoms with Gasteiger partial charge in [-0.05, 0) is 31.9 Å².